The molecule has 1 saturated heterocycles. The molecule has 0 unspecified atom stereocenters. The fourth-order valence-corrected chi connectivity index (χ4v) is 3.06. The van der Waals surface area contributed by atoms with Gasteiger partial charge in [0.1, 0.15) is 5.82 Å². The van der Waals surface area contributed by atoms with E-state index in [4.69, 9.17) is 0 Å². The number of benzene rings is 1. The van der Waals surface area contributed by atoms with Crippen LogP contribution in [0, 0.1) is 6.92 Å². The van der Waals surface area contributed by atoms with Gasteiger partial charge < -0.3 is 14.8 Å². The average Bonchev–Trinajstić information content (AvgIpc) is 2.72. The predicted octanol–water partition coefficient (Wildman–Crippen LogP) is 1.49. The third-order valence-corrected chi connectivity index (χ3v) is 4.31. The van der Waals surface area contributed by atoms with Gasteiger partial charge in [-0.2, -0.15) is 0 Å². The predicted molar refractivity (Wildman–Crippen MR) is 88.0 cm³/mol. The molecule has 1 aromatic carbocycles. The fraction of sp³-hybridized carbons (Fsp3) is 0.471. The van der Waals surface area contributed by atoms with Crippen LogP contribution >= 0.6 is 0 Å². The van der Waals surface area contributed by atoms with E-state index in [1.165, 1.54) is 0 Å². The lowest BCUT2D eigenvalue weighted by atomic mass is 10.1. The summed E-state index contributed by atoms with van der Waals surface area (Å²) in [5.74, 6) is 1.07. The molecule has 0 bridgehead atoms. The van der Waals surface area contributed by atoms with Gasteiger partial charge in [0.15, 0.2) is 0 Å². The van der Waals surface area contributed by atoms with Crippen LogP contribution in [0.25, 0.3) is 11.0 Å². The van der Waals surface area contributed by atoms with Crippen LogP contribution in [0.2, 0.25) is 0 Å². The highest BCUT2D eigenvalue weighted by molar-refractivity contribution is 5.82. The van der Waals surface area contributed by atoms with Gasteiger partial charge in [-0.05, 0) is 31.0 Å². The van der Waals surface area contributed by atoms with Crippen LogP contribution < -0.4 is 0 Å². The van der Waals surface area contributed by atoms with Gasteiger partial charge in [-0.3, -0.25) is 9.59 Å². The first-order valence-electron chi connectivity index (χ1n) is 8.01. The van der Waals surface area contributed by atoms with Gasteiger partial charge in [-0.1, -0.05) is 6.07 Å². The quantitative estimate of drug-likeness (QED) is 0.913. The van der Waals surface area contributed by atoms with Crippen molar-refractivity contribution in [1.82, 2.24) is 19.8 Å². The highest BCUT2D eigenvalue weighted by Gasteiger charge is 2.20. The van der Waals surface area contributed by atoms with Crippen LogP contribution in [0.4, 0.5) is 0 Å². The summed E-state index contributed by atoms with van der Waals surface area (Å²) in [5, 5.41) is 0. The van der Waals surface area contributed by atoms with Crippen molar-refractivity contribution in [2.75, 3.05) is 26.2 Å². The number of rotatable bonds is 2. The smallest absolute Gasteiger partial charge is 0.227 e. The van der Waals surface area contributed by atoms with Gasteiger partial charge in [0, 0.05) is 33.1 Å². The summed E-state index contributed by atoms with van der Waals surface area (Å²) in [4.78, 5) is 35.2. The number of hydrogen-bond acceptors (Lipinski definition) is 3. The van der Waals surface area contributed by atoms with Crippen LogP contribution in [0.15, 0.2) is 18.2 Å². The first-order valence-corrected chi connectivity index (χ1v) is 8.01. The van der Waals surface area contributed by atoms with Crippen molar-refractivity contribution >= 4 is 22.8 Å². The number of carbonyl (C=O) groups is 2. The van der Waals surface area contributed by atoms with Crippen LogP contribution in [0.3, 0.4) is 0 Å². The molecule has 0 spiro atoms. The van der Waals surface area contributed by atoms with E-state index in [1.54, 1.807) is 6.92 Å². The second-order valence-electron chi connectivity index (χ2n) is 6.09. The zero-order valence-electron chi connectivity index (χ0n) is 13.6. The maximum atomic E-state index is 12.5. The van der Waals surface area contributed by atoms with E-state index in [0.29, 0.717) is 26.1 Å². The van der Waals surface area contributed by atoms with Crippen molar-refractivity contribution in [1.29, 1.82) is 0 Å². The van der Waals surface area contributed by atoms with Gasteiger partial charge in [-0.25, -0.2) is 4.98 Å². The number of amides is 2. The summed E-state index contributed by atoms with van der Waals surface area (Å²) in [7, 11) is 0. The standard InChI is InChI=1S/C17H22N4O2/c1-12-18-15-5-4-14(10-16(15)19-12)11-17(23)21-7-3-6-20(8-9-21)13(2)22/h4-5,10H,3,6-9,11H2,1-2H3,(H,18,19). The lowest BCUT2D eigenvalue weighted by Crippen LogP contribution is -2.37. The lowest BCUT2D eigenvalue weighted by Gasteiger charge is -2.21. The van der Waals surface area contributed by atoms with Gasteiger partial charge >= 0.3 is 0 Å². The third kappa shape index (κ3) is 3.52. The number of imidazole rings is 1. The molecule has 2 heterocycles. The van der Waals surface area contributed by atoms with Crippen LogP contribution in [-0.2, 0) is 16.0 Å². The minimum Gasteiger partial charge on any atom is -0.342 e. The Kier molecular flexibility index (Phi) is 4.32. The third-order valence-electron chi connectivity index (χ3n) is 4.31. The monoisotopic (exact) mass is 314 g/mol. The van der Waals surface area contributed by atoms with Crippen molar-refractivity contribution in [2.24, 2.45) is 0 Å². The molecule has 1 N–H and O–H groups in total. The molecule has 1 aliphatic rings. The molecule has 0 atom stereocenters. The van der Waals surface area contributed by atoms with Gasteiger partial charge in [0.2, 0.25) is 11.8 Å². The Balaban J connectivity index is 1.66. The number of aromatic amines is 1. The largest absolute Gasteiger partial charge is 0.342 e. The first-order chi connectivity index (χ1) is 11.0. The first kappa shape index (κ1) is 15.5. The number of nitrogens with zero attached hydrogens (tertiary/aromatic N) is 3. The summed E-state index contributed by atoms with van der Waals surface area (Å²) in [5.41, 5.74) is 2.87. The molecule has 23 heavy (non-hydrogen) atoms. The Bertz CT molecular complexity index is 737. The summed E-state index contributed by atoms with van der Waals surface area (Å²) in [6.07, 6.45) is 1.22. The van der Waals surface area contributed by atoms with Crippen LogP contribution in [0.1, 0.15) is 24.7 Å². The van der Waals surface area contributed by atoms with Crippen molar-refractivity contribution in [3.63, 3.8) is 0 Å². The number of hydrogen-bond donors (Lipinski definition) is 1. The van der Waals surface area contributed by atoms with Crippen molar-refractivity contribution in [2.45, 2.75) is 26.7 Å². The lowest BCUT2D eigenvalue weighted by molar-refractivity contribution is -0.132. The van der Waals surface area contributed by atoms with Gasteiger partial charge in [0.05, 0.1) is 17.5 Å². The van der Waals surface area contributed by atoms with Crippen LogP contribution in [0.5, 0.6) is 0 Å². The number of carbonyl (C=O) groups excluding carboxylic acids is 2. The Morgan fingerprint density at radius 1 is 1.17 bits per heavy atom. The summed E-state index contributed by atoms with van der Waals surface area (Å²) >= 11 is 0. The minimum absolute atomic E-state index is 0.0827. The molecule has 1 aliphatic heterocycles. The molecule has 0 radical (unpaired) electrons. The van der Waals surface area contributed by atoms with Crippen molar-refractivity contribution < 1.29 is 9.59 Å². The number of aromatic nitrogens is 2. The number of nitrogens with one attached hydrogen (secondary N) is 1. The molecule has 3 rings (SSSR count). The van der Waals surface area contributed by atoms with E-state index < -0.39 is 0 Å². The van der Waals surface area contributed by atoms with E-state index in [-0.39, 0.29) is 11.8 Å². The molecular weight excluding hydrogens is 292 g/mol. The molecule has 2 aromatic rings. The zero-order chi connectivity index (χ0) is 16.4. The molecule has 0 aliphatic carbocycles. The maximum Gasteiger partial charge on any atom is 0.227 e. The minimum atomic E-state index is 0.0827. The Morgan fingerprint density at radius 3 is 2.70 bits per heavy atom. The molecule has 122 valence electrons. The maximum absolute atomic E-state index is 12.5. The second-order valence-corrected chi connectivity index (χ2v) is 6.09. The van der Waals surface area contributed by atoms with E-state index in [1.807, 2.05) is 34.9 Å². The molecule has 1 aromatic heterocycles. The molecule has 0 saturated carbocycles. The Hall–Kier alpha value is -2.37. The van der Waals surface area contributed by atoms with E-state index in [0.717, 1.165) is 35.4 Å². The highest BCUT2D eigenvalue weighted by atomic mass is 16.2. The number of H-pyrrole nitrogens is 1. The topological polar surface area (TPSA) is 69.3 Å². The Labute approximate surface area is 135 Å². The van der Waals surface area contributed by atoms with Crippen molar-refractivity contribution in [3.8, 4) is 0 Å². The van der Waals surface area contributed by atoms with Gasteiger partial charge in [0.25, 0.3) is 0 Å². The fourth-order valence-electron chi connectivity index (χ4n) is 3.06. The second kappa shape index (κ2) is 6.40. The summed E-state index contributed by atoms with van der Waals surface area (Å²) in [6, 6.07) is 5.90. The normalized spacial score (nSPS) is 15.7. The van der Waals surface area contributed by atoms with E-state index in [9.17, 15) is 9.59 Å². The van der Waals surface area contributed by atoms with Crippen LogP contribution in [-0.4, -0.2) is 57.8 Å². The molecule has 6 nitrogen and oxygen atoms in total. The SMILES string of the molecule is CC(=O)N1CCCN(C(=O)Cc2ccc3nc(C)[nH]c3c2)CC1. The highest BCUT2D eigenvalue weighted by Crippen LogP contribution is 2.15. The zero-order valence-corrected chi connectivity index (χ0v) is 13.6. The average molecular weight is 314 g/mol. The van der Waals surface area contributed by atoms with E-state index in [2.05, 4.69) is 9.97 Å². The van der Waals surface area contributed by atoms with Crippen molar-refractivity contribution in [3.05, 3.63) is 29.6 Å². The number of aryl methyl sites for hydroxylation is 1. The van der Waals surface area contributed by atoms with Gasteiger partial charge in [-0.15, -0.1) is 0 Å². The Morgan fingerprint density at radius 2 is 1.91 bits per heavy atom. The summed E-state index contributed by atoms with van der Waals surface area (Å²) < 4.78 is 0. The molecule has 2 amide bonds. The van der Waals surface area contributed by atoms with E-state index >= 15 is 0 Å². The molecular formula is C17H22N4O2. The number of fused-ring (bicyclic) bond motifs is 1. The molecule has 1 fully saturated rings. The summed E-state index contributed by atoms with van der Waals surface area (Å²) in [6.45, 7) is 6.19. The molecule has 6 heteroatoms.